The van der Waals surface area contributed by atoms with Crippen LogP contribution in [0.4, 0.5) is 5.95 Å². The summed E-state index contributed by atoms with van der Waals surface area (Å²) in [6.45, 7) is 0.800. The summed E-state index contributed by atoms with van der Waals surface area (Å²) in [5.41, 5.74) is 0.910. The van der Waals surface area contributed by atoms with Crippen molar-refractivity contribution in [3.05, 3.63) is 42.4 Å². The van der Waals surface area contributed by atoms with Crippen molar-refractivity contribution < 1.29 is 14.0 Å². The molecule has 3 rings (SSSR count). The molecule has 0 fully saturated rings. The van der Waals surface area contributed by atoms with Crippen LogP contribution < -0.4 is 14.8 Å². The maximum Gasteiger partial charge on any atom is 0.226 e. The second-order valence-corrected chi connectivity index (χ2v) is 5.90. The predicted octanol–water partition coefficient (Wildman–Crippen LogP) is 3.37. The Balaban J connectivity index is 1.37. The molecular weight excluding hydrogens is 346 g/mol. The smallest absolute Gasteiger partial charge is 0.226 e. The molecule has 142 valence electrons. The van der Waals surface area contributed by atoms with E-state index < -0.39 is 0 Å². The van der Waals surface area contributed by atoms with E-state index in [-0.39, 0.29) is 0 Å². The van der Waals surface area contributed by atoms with Crippen molar-refractivity contribution in [1.82, 2.24) is 20.1 Å². The minimum absolute atomic E-state index is 0.552. The molecule has 1 aromatic carbocycles. The fraction of sp³-hybridized carbons (Fsp3) is 0.368. The molecule has 27 heavy (non-hydrogen) atoms. The average Bonchev–Trinajstić information content (AvgIpc) is 3.19. The minimum atomic E-state index is 0.552. The van der Waals surface area contributed by atoms with Gasteiger partial charge in [-0.3, -0.25) is 0 Å². The van der Waals surface area contributed by atoms with E-state index in [1.54, 1.807) is 26.5 Å². The number of aryl methyl sites for hydroxylation is 1. The molecule has 0 amide bonds. The van der Waals surface area contributed by atoms with Crippen molar-refractivity contribution >= 4 is 5.95 Å². The Morgan fingerprint density at radius 3 is 2.59 bits per heavy atom. The Morgan fingerprint density at radius 1 is 0.963 bits per heavy atom. The molecule has 0 saturated heterocycles. The third kappa shape index (κ3) is 5.40. The normalized spacial score (nSPS) is 10.6. The molecule has 8 nitrogen and oxygen atoms in total. The van der Waals surface area contributed by atoms with Gasteiger partial charge >= 0.3 is 0 Å². The molecule has 0 aliphatic rings. The first-order chi connectivity index (χ1) is 13.3. The zero-order valence-corrected chi connectivity index (χ0v) is 15.5. The fourth-order valence-electron chi connectivity index (χ4n) is 2.53. The molecular formula is C19H23N5O3. The van der Waals surface area contributed by atoms with Crippen LogP contribution in [0.25, 0.3) is 11.4 Å². The minimum Gasteiger partial charge on any atom is -0.497 e. The Hall–Kier alpha value is -3.16. The highest BCUT2D eigenvalue weighted by molar-refractivity contribution is 5.55. The van der Waals surface area contributed by atoms with E-state index >= 15 is 0 Å². The van der Waals surface area contributed by atoms with Gasteiger partial charge in [-0.15, -0.1) is 0 Å². The van der Waals surface area contributed by atoms with Gasteiger partial charge in [0.25, 0.3) is 0 Å². The van der Waals surface area contributed by atoms with E-state index in [4.69, 9.17) is 14.0 Å². The van der Waals surface area contributed by atoms with Gasteiger partial charge in [-0.1, -0.05) is 11.6 Å². The van der Waals surface area contributed by atoms with Crippen molar-refractivity contribution in [2.24, 2.45) is 0 Å². The summed E-state index contributed by atoms with van der Waals surface area (Å²) in [6, 6.07) is 9.31. The van der Waals surface area contributed by atoms with Gasteiger partial charge < -0.3 is 19.3 Å². The molecule has 0 aliphatic carbocycles. The largest absolute Gasteiger partial charge is 0.497 e. The number of benzene rings is 1. The maximum absolute atomic E-state index is 5.34. The summed E-state index contributed by atoms with van der Waals surface area (Å²) >= 11 is 0. The fourth-order valence-corrected chi connectivity index (χ4v) is 2.53. The summed E-state index contributed by atoms with van der Waals surface area (Å²) in [5.74, 6) is 3.19. The molecule has 8 heteroatoms. The summed E-state index contributed by atoms with van der Waals surface area (Å²) in [7, 11) is 3.23. The van der Waals surface area contributed by atoms with Crippen LogP contribution in [0.5, 0.6) is 11.6 Å². The van der Waals surface area contributed by atoms with Gasteiger partial charge in [-0.2, -0.15) is 9.97 Å². The Morgan fingerprint density at radius 2 is 1.81 bits per heavy atom. The summed E-state index contributed by atoms with van der Waals surface area (Å²) < 4.78 is 15.6. The Bertz CT molecular complexity index is 835. The highest BCUT2D eigenvalue weighted by atomic mass is 16.5. The molecule has 2 heterocycles. The predicted molar refractivity (Wildman–Crippen MR) is 101 cm³/mol. The van der Waals surface area contributed by atoms with Gasteiger partial charge in [-0.25, -0.2) is 4.98 Å². The van der Waals surface area contributed by atoms with Gasteiger partial charge in [0, 0.05) is 30.8 Å². The number of aromatic nitrogens is 4. The lowest BCUT2D eigenvalue weighted by Crippen LogP contribution is -2.05. The van der Waals surface area contributed by atoms with E-state index in [2.05, 4.69) is 25.4 Å². The van der Waals surface area contributed by atoms with Crippen LogP contribution in [0.15, 0.2) is 41.1 Å². The van der Waals surface area contributed by atoms with E-state index in [0.29, 0.717) is 23.5 Å². The summed E-state index contributed by atoms with van der Waals surface area (Å²) in [6.07, 6.45) is 5.45. The number of anilines is 1. The molecule has 0 bridgehead atoms. The third-order valence-electron chi connectivity index (χ3n) is 4.01. The number of nitrogens with zero attached hydrogens (tertiary/aromatic N) is 4. The number of hydrogen-bond donors (Lipinski definition) is 1. The van der Waals surface area contributed by atoms with Gasteiger partial charge in [-0.05, 0) is 37.1 Å². The van der Waals surface area contributed by atoms with E-state index in [0.717, 1.165) is 43.5 Å². The van der Waals surface area contributed by atoms with Gasteiger partial charge in [0.15, 0.2) is 0 Å². The molecule has 0 unspecified atom stereocenters. The highest BCUT2D eigenvalue weighted by Crippen LogP contribution is 2.20. The van der Waals surface area contributed by atoms with Crippen LogP contribution in [0.3, 0.4) is 0 Å². The molecule has 0 saturated carbocycles. The first kappa shape index (κ1) is 18.6. The molecule has 1 N–H and O–H groups in total. The number of nitrogens with one attached hydrogen (secondary N) is 1. The van der Waals surface area contributed by atoms with Gasteiger partial charge in [0.1, 0.15) is 5.75 Å². The first-order valence-corrected chi connectivity index (χ1v) is 8.86. The van der Waals surface area contributed by atoms with Crippen molar-refractivity contribution in [1.29, 1.82) is 0 Å². The summed E-state index contributed by atoms with van der Waals surface area (Å²) in [4.78, 5) is 12.8. The standard InChI is InChI=1S/C19H23N5O3/c1-25-15-9-7-14(8-10-15)18-22-17(27-24-18)6-4-3-5-12-20-19-21-13-11-16(23-19)26-2/h7-11,13H,3-6,12H2,1-2H3,(H,20,21,23). The first-order valence-electron chi connectivity index (χ1n) is 8.86. The lowest BCUT2D eigenvalue weighted by molar-refractivity contribution is 0.374. The van der Waals surface area contributed by atoms with Crippen molar-refractivity contribution in [3.8, 4) is 23.0 Å². The highest BCUT2D eigenvalue weighted by Gasteiger charge is 2.08. The number of unbranched alkanes of at least 4 members (excludes halogenated alkanes) is 2. The van der Waals surface area contributed by atoms with E-state index in [1.807, 2.05) is 24.3 Å². The zero-order valence-electron chi connectivity index (χ0n) is 15.5. The SMILES string of the molecule is COc1ccc(-c2noc(CCCCCNc3nccc(OC)n3)n2)cc1. The Kier molecular flexibility index (Phi) is 6.56. The quantitative estimate of drug-likeness (QED) is 0.544. The lowest BCUT2D eigenvalue weighted by atomic mass is 10.2. The number of methoxy groups -OCH3 is 2. The third-order valence-corrected chi connectivity index (χ3v) is 4.01. The van der Waals surface area contributed by atoms with E-state index in [1.165, 1.54) is 0 Å². The van der Waals surface area contributed by atoms with Crippen LogP contribution in [-0.2, 0) is 6.42 Å². The second kappa shape index (κ2) is 9.51. The van der Waals surface area contributed by atoms with Crippen LogP contribution in [0.1, 0.15) is 25.2 Å². The molecule has 0 atom stereocenters. The zero-order chi connectivity index (χ0) is 18.9. The monoisotopic (exact) mass is 369 g/mol. The number of hydrogen-bond acceptors (Lipinski definition) is 8. The van der Waals surface area contributed by atoms with Crippen LogP contribution in [0.2, 0.25) is 0 Å². The molecule has 0 spiro atoms. The molecule has 0 radical (unpaired) electrons. The van der Waals surface area contributed by atoms with E-state index in [9.17, 15) is 0 Å². The summed E-state index contributed by atoms with van der Waals surface area (Å²) in [5, 5.41) is 7.23. The second-order valence-electron chi connectivity index (χ2n) is 5.90. The van der Waals surface area contributed by atoms with Crippen LogP contribution >= 0.6 is 0 Å². The molecule has 0 aliphatic heterocycles. The lowest BCUT2D eigenvalue weighted by Gasteiger charge is -2.05. The number of rotatable bonds is 10. The molecule has 3 aromatic rings. The van der Waals surface area contributed by atoms with Crippen LogP contribution in [-0.4, -0.2) is 40.9 Å². The van der Waals surface area contributed by atoms with Gasteiger partial charge in [0.2, 0.25) is 23.5 Å². The Labute approximate surface area is 158 Å². The topological polar surface area (TPSA) is 95.2 Å². The molecule has 2 aromatic heterocycles. The van der Waals surface area contributed by atoms with Crippen LogP contribution in [0, 0.1) is 0 Å². The number of ether oxygens (including phenoxy) is 2. The van der Waals surface area contributed by atoms with Crippen molar-refractivity contribution in [3.63, 3.8) is 0 Å². The van der Waals surface area contributed by atoms with Crippen molar-refractivity contribution in [2.75, 3.05) is 26.1 Å². The maximum atomic E-state index is 5.34. The van der Waals surface area contributed by atoms with Gasteiger partial charge in [0.05, 0.1) is 14.2 Å². The average molecular weight is 369 g/mol. The van der Waals surface area contributed by atoms with Crippen molar-refractivity contribution in [2.45, 2.75) is 25.7 Å².